The van der Waals surface area contributed by atoms with Crippen LogP contribution in [-0.2, 0) is 10.5 Å². The van der Waals surface area contributed by atoms with Crippen molar-refractivity contribution in [2.24, 2.45) is 5.10 Å². The normalized spacial score (nSPS) is 12.1. The van der Waals surface area contributed by atoms with Crippen LogP contribution < -0.4 is 10.2 Å². The maximum Gasteiger partial charge on any atom is 0.252 e. The van der Waals surface area contributed by atoms with E-state index < -0.39 is 0 Å². The maximum absolute atomic E-state index is 12.1. The quantitative estimate of drug-likeness (QED) is 0.552. The van der Waals surface area contributed by atoms with E-state index in [0.717, 1.165) is 15.8 Å². The number of carbonyl (C=O) groups is 1. The standard InChI is InChI=1S/C18H19BrN2O2S/c1-13(24-12-14-6-4-3-5-7-14)18(22)21-20-11-15-10-16(19)8-9-17(15)23-2/h3-11,13H,12H2,1-2H3,(H,21,22)/b20-11-/t13-/m0/s1. The van der Waals surface area contributed by atoms with Gasteiger partial charge in [0.1, 0.15) is 5.75 Å². The topological polar surface area (TPSA) is 50.7 Å². The molecule has 126 valence electrons. The van der Waals surface area contributed by atoms with Crippen molar-refractivity contribution in [3.8, 4) is 5.75 Å². The minimum Gasteiger partial charge on any atom is -0.496 e. The molecule has 2 rings (SSSR count). The third-order valence-corrected chi connectivity index (χ3v) is 4.99. The molecule has 6 heteroatoms. The number of benzene rings is 2. The Morgan fingerprint density at radius 1 is 1.33 bits per heavy atom. The average molecular weight is 407 g/mol. The molecule has 0 aromatic heterocycles. The van der Waals surface area contributed by atoms with Crippen molar-refractivity contribution in [1.82, 2.24) is 5.43 Å². The number of nitrogens with zero attached hydrogens (tertiary/aromatic N) is 1. The van der Waals surface area contributed by atoms with Crippen LogP contribution in [0.2, 0.25) is 0 Å². The predicted octanol–water partition coefficient (Wildman–Crippen LogP) is 4.23. The fourth-order valence-corrected chi connectivity index (χ4v) is 3.15. The Morgan fingerprint density at radius 3 is 2.79 bits per heavy atom. The van der Waals surface area contributed by atoms with E-state index in [9.17, 15) is 4.79 Å². The van der Waals surface area contributed by atoms with E-state index in [1.807, 2.05) is 43.3 Å². The van der Waals surface area contributed by atoms with Gasteiger partial charge < -0.3 is 4.74 Å². The molecule has 0 unspecified atom stereocenters. The first-order valence-corrected chi connectivity index (χ1v) is 9.26. The van der Waals surface area contributed by atoms with Crippen molar-refractivity contribution in [2.75, 3.05) is 7.11 Å². The lowest BCUT2D eigenvalue weighted by molar-refractivity contribution is -0.120. The van der Waals surface area contributed by atoms with Crippen LogP contribution in [-0.4, -0.2) is 24.5 Å². The van der Waals surface area contributed by atoms with E-state index in [1.54, 1.807) is 25.1 Å². The SMILES string of the molecule is COc1ccc(Br)cc1/C=N\NC(=O)[C@H](C)SCc1ccccc1. The molecule has 0 bridgehead atoms. The van der Waals surface area contributed by atoms with Crippen molar-refractivity contribution in [1.29, 1.82) is 0 Å². The summed E-state index contributed by atoms with van der Waals surface area (Å²) in [7, 11) is 1.60. The van der Waals surface area contributed by atoms with Crippen LogP contribution in [0.15, 0.2) is 58.1 Å². The lowest BCUT2D eigenvalue weighted by atomic mass is 10.2. The first-order valence-electron chi connectivity index (χ1n) is 7.42. The van der Waals surface area contributed by atoms with Crippen molar-refractivity contribution < 1.29 is 9.53 Å². The molecular formula is C18H19BrN2O2S. The van der Waals surface area contributed by atoms with Crippen LogP contribution in [0.4, 0.5) is 0 Å². The third kappa shape index (κ3) is 5.69. The van der Waals surface area contributed by atoms with E-state index in [2.05, 4.69) is 38.6 Å². The summed E-state index contributed by atoms with van der Waals surface area (Å²) >= 11 is 4.98. The Kier molecular flexibility index (Phi) is 7.34. The fraction of sp³-hybridized carbons (Fsp3) is 0.222. The second-order valence-electron chi connectivity index (χ2n) is 5.06. The molecule has 0 fully saturated rings. The van der Waals surface area contributed by atoms with Gasteiger partial charge in [-0.05, 0) is 30.7 Å². The number of amides is 1. The molecule has 0 aliphatic heterocycles. The number of rotatable bonds is 7. The molecule has 24 heavy (non-hydrogen) atoms. The molecule has 0 spiro atoms. The third-order valence-electron chi connectivity index (χ3n) is 3.28. The smallest absolute Gasteiger partial charge is 0.252 e. The molecule has 1 amide bonds. The van der Waals surface area contributed by atoms with Crippen LogP contribution in [0, 0.1) is 0 Å². The number of halogens is 1. The highest BCUT2D eigenvalue weighted by Gasteiger charge is 2.12. The maximum atomic E-state index is 12.1. The Morgan fingerprint density at radius 2 is 2.08 bits per heavy atom. The van der Waals surface area contributed by atoms with Crippen molar-refractivity contribution in [3.63, 3.8) is 0 Å². The summed E-state index contributed by atoms with van der Waals surface area (Å²) in [5, 5.41) is 3.84. The van der Waals surface area contributed by atoms with Gasteiger partial charge in [0.15, 0.2) is 0 Å². The van der Waals surface area contributed by atoms with Crippen molar-refractivity contribution in [3.05, 3.63) is 64.1 Å². The van der Waals surface area contributed by atoms with E-state index in [1.165, 1.54) is 5.56 Å². The Balaban J connectivity index is 1.87. The van der Waals surface area contributed by atoms with Gasteiger partial charge in [-0.25, -0.2) is 5.43 Å². The van der Waals surface area contributed by atoms with Gasteiger partial charge in [-0.2, -0.15) is 5.10 Å². The van der Waals surface area contributed by atoms with Gasteiger partial charge in [0.2, 0.25) is 0 Å². The highest BCUT2D eigenvalue weighted by atomic mass is 79.9. The summed E-state index contributed by atoms with van der Waals surface area (Å²) in [4.78, 5) is 12.1. The number of carbonyl (C=O) groups excluding carboxylic acids is 1. The lowest BCUT2D eigenvalue weighted by Gasteiger charge is -2.09. The number of hydrogen-bond acceptors (Lipinski definition) is 4. The van der Waals surface area contributed by atoms with Gasteiger partial charge in [0.05, 0.1) is 18.6 Å². The monoisotopic (exact) mass is 406 g/mol. The molecule has 0 aliphatic carbocycles. The van der Waals surface area contributed by atoms with E-state index in [0.29, 0.717) is 5.75 Å². The average Bonchev–Trinajstić information content (AvgIpc) is 2.60. The molecule has 0 aliphatic rings. The molecular weight excluding hydrogens is 388 g/mol. The second-order valence-corrected chi connectivity index (χ2v) is 7.30. The van der Waals surface area contributed by atoms with Crippen LogP contribution in [0.3, 0.4) is 0 Å². The summed E-state index contributed by atoms with van der Waals surface area (Å²) in [5.74, 6) is 1.36. The van der Waals surface area contributed by atoms with E-state index >= 15 is 0 Å². The molecule has 0 saturated heterocycles. The fourth-order valence-electron chi connectivity index (χ4n) is 1.93. The highest BCUT2D eigenvalue weighted by molar-refractivity contribution is 9.10. The second kappa shape index (κ2) is 9.49. The van der Waals surface area contributed by atoms with Gasteiger partial charge in [-0.1, -0.05) is 46.3 Å². The van der Waals surface area contributed by atoms with Crippen LogP contribution in [0.5, 0.6) is 5.75 Å². The summed E-state index contributed by atoms with van der Waals surface area (Å²) in [6.07, 6.45) is 1.58. The van der Waals surface area contributed by atoms with Gasteiger partial charge in [-0.3, -0.25) is 4.79 Å². The largest absolute Gasteiger partial charge is 0.496 e. The summed E-state index contributed by atoms with van der Waals surface area (Å²) in [5.41, 5.74) is 4.56. The van der Waals surface area contributed by atoms with Gasteiger partial charge in [0.25, 0.3) is 5.91 Å². The van der Waals surface area contributed by atoms with Crippen molar-refractivity contribution >= 4 is 39.8 Å². The number of thioether (sulfide) groups is 1. The number of nitrogens with one attached hydrogen (secondary N) is 1. The first-order chi connectivity index (χ1) is 11.6. The number of hydrazone groups is 1. The molecule has 0 saturated carbocycles. The molecule has 2 aromatic carbocycles. The molecule has 1 N–H and O–H groups in total. The Labute approximate surface area is 154 Å². The predicted molar refractivity (Wildman–Crippen MR) is 104 cm³/mol. The minimum atomic E-state index is -0.188. The zero-order valence-electron chi connectivity index (χ0n) is 13.5. The van der Waals surface area contributed by atoms with Crippen molar-refractivity contribution in [2.45, 2.75) is 17.9 Å². The van der Waals surface area contributed by atoms with Gasteiger partial charge in [0, 0.05) is 15.8 Å². The number of ether oxygens (including phenoxy) is 1. The number of hydrogen-bond donors (Lipinski definition) is 1. The van der Waals surface area contributed by atoms with E-state index in [-0.39, 0.29) is 11.2 Å². The molecule has 2 aromatic rings. The first kappa shape index (κ1) is 18.5. The van der Waals surface area contributed by atoms with Gasteiger partial charge >= 0.3 is 0 Å². The van der Waals surface area contributed by atoms with Crippen LogP contribution in [0.25, 0.3) is 0 Å². The summed E-state index contributed by atoms with van der Waals surface area (Å²) < 4.78 is 6.18. The van der Waals surface area contributed by atoms with Crippen LogP contribution >= 0.6 is 27.7 Å². The van der Waals surface area contributed by atoms with Gasteiger partial charge in [-0.15, -0.1) is 11.8 Å². The van der Waals surface area contributed by atoms with Crippen LogP contribution in [0.1, 0.15) is 18.1 Å². The summed E-state index contributed by atoms with van der Waals surface area (Å²) in [6.45, 7) is 1.87. The lowest BCUT2D eigenvalue weighted by Crippen LogP contribution is -2.27. The zero-order valence-corrected chi connectivity index (χ0v) is 15.9. The Bertz CT molecular complexity index is 707. The molecule has 0 heterocycles. The zero-order chi connectivity index (χ0) is 17.4. The molecule has 0 radical (unpaired) electrons. The summed E-state index contributed by atoms with van der Waals surface area (Å²) in [6, 6.07) is 15.7. The minimum absolute atomic E-state index is 0.124. The molecule has 1 atom stereocenters. The molecule has 4 nitrogen and oxygen atoms in total. The highest BCUT2D eigenvalue weighted by Crippen LogP contribution is 2.21. The van der Waals surface area contributed by atoms with E-state index in [4.69, 9.17) is 4.74 Å². The number of methoxy groups -OCH3 is 1. The Hall–Kier alpha value is -1.79.